The Labute approximate surface area is 146 Å². The Morgan fingerprint density at radius 1 is 0.850 bits per heavy atom. The number of halogens is 2. The molecule has 0 N–H and O–H groups in total. The van der Waals surface area contributed by atoms with E-state index in [9.17, 15) is 0 Å². The van der Waals surface area contributed by atoms with Gasteiger partial charge in [-0.2, -0.15) is 0 Å². The minimum absolute atomic E-state index is 1.10. The van der Waals surface area contributed by atoms with E-state index >= 15 is 0 Å². The molecule has 4 heteroatoms. The second kappa shape index (κ2) is 8.11. The number of hydrogen-bond acceptors (Lipinski definition) is 2. The van der Waals surface area contributed by atoms with Crippen molar-refractivity contribution in [2.75, 3.05) is 0 Å². The van der Waals surface area contributed by atoms with Gasteiger partial charge in [0.05, 0.1) is 7.57 Å². The maximum absolute atomic E-state index is 3.67. The van der Waals surface area contributed by atoms with Crippen LogP contribution in [-0.2, 0) is 12.8 Å². The average Bonchev–Trinajstić information content (AvgIpc) is 2.97. The Morgan fingerprint density at radius 2 is 1.45 bits per heavy atom. The summed E-state index contributed by atoms with van der Waals surface area (Å²) in [6, 6.07) is 4.59. The summed E-state index contributed by atoms with van der Waals surface area (Å²) >= 11 is 11.1. The van der Waals surface area contributed by atoms with E-state index in [1.165, 1.54) is 60.6 Å². The highest BCUT2D eigenvalue weighted by Gasteiger charge is 2.15. The van der Waals surface area contributed by atoms with Crippen LogP contribution in [0.3, 0.4) is 0 Å². The molecule has 2 aromatic rings. The van der Waals surface area contributed by atoms with Crippen LogP contribution in [0.4, 0.5) is 0 Å². The van der Waals surface area contributed by atoms with Crippen molar-refractivity contribution in [3.05, 3.63) is 30.8 Å². The molecule has 0 atom stereocenters. The van der Waals surface area contributed by atoms with E-state index in [2.05, 4.69) is 57.8 Å². The number of thiophene rings is 2. The van der Waals surface area contributed by atoms with Gasteiger partial charge in [0.25, 0.3) is 0 Å². The largest absolute Gasteiger partial charge is 0.127 e. The molecule has 2 heterocycles. The first kappa shape index (κ1) is 16.7. The molecule has 0 aliphatic carbocycles. The van der Waals surface area contributed by atoms with Crippen LogP contribution in [0.25, 0.3) is 9.75 Å². The smallest absolute Gasteiger partial charge is 0.0708 e. The quantitative estimate of drug-likeness (QED) is 0.391. The molecule has 0 spiro atoms. The summed E-state index contributed by atoms with van der Waals surface area (Å²) in [6.07, 6.45) is 7.61. The van der Waals surface area contributed by atoms with Crippen molar-refractivity contribution in [2.24, 2.45) is 0 Å². The van der Waals surface area contributed by atoms with Crippen molar-refractivity contribution in [1.29, 1.82) is 0 Å². The second-order valence-electron chi connectivity index (χ2n) is 4.97. The molecule has 0 saturated heterocycles. The molecule has 0 aliphatic heterocycles. The van der Waals surface area contributed by atoms with Crippen molar-refractivity contribution < 1.29 is 0 Å². The van der Waals surface area contributed by atoms with Gasteiger partial charge in [0.2, 0.25) is 0 Å². The van der Waals surface area contributed by atoms with Crippen LogP contribution < -0.4 is 0 Å². The second-order valence-corrected chi connectivity index (χ2v) is 9.84. The zero-order valence-corrected chi connectivity index (χ0v) is 16.8. The van der Waals surface area contributed by atoms with E-state index in [-0.39, 0.29) is 0 Å². The van der Waals surface area contributed by atoms with Crippen LogP contribution in [0.5, 0.6) is 0 Å². The summed E-state index contributed by atoms with van der Waals surface area (Å²) in [4.78, 5) is 2.93. The van der Waals surface area contributed by atoms with Crippen LogP contribution in [0.2, 0.25) is 0 Å². The summed E-state index contributed by atoms with van der Waals surface area (Å²) in [6.45, 7) is 4.50. The fourth-order valence-electron chi connectivity index (χ4n) is 2.36. The molecule has 0 bridgehead atoms. The summed E-state index contributed by atoms with van der Waals surface area (Å²) in [5, 5.41) is 0. The molecule has 110 valence electrons. The van der Waals surface area contributed by atoms with Crippen LogP contribution in [-0.4, -0.2) is 0 Å². The molecule has 0 aromatic carbocycles. The Bertz CT molecular complexity index is 555. The summed E-state index contributed by atoms with van der Waals surface area (Å²) in [5.74, 6) is 0. The van der Waals surface area contributed by atoms with Gasteiger partial charge in [0.15, 0.2) is 0 Å². The fourth-order valence-corrected chi connectivity index (χ4v) is 6.01. The highest BCUT2D eigenvalue weighted by atomic mass is 79.9. The third-order valence-corrected chi connectivity index (χ3v) is 6.97. The Balaban J connectivity index is 2.22. The molecule has 2 rings (SSSR count). The van der Waals surface area contributed by atoms with Gasteiger partial charge in [-0.1, -0.05) is 33.1 Å². The molecule has 0 radical (unpaired) electrons. The lowest BCUT2D eigenvalue weighted by Gasteiger charge is -2.04. The van der Waals surface area contributed by atoms with Crippen LogP contribution in [0, 0.1) is 0 Å². The number of rotatable bonds is 7. The van der Waals surface area contributed by atoms with Gasteiger partial charge in [-0.05, 0) is 74.4 Å². The first-order valence-electron chi connectivity index (χ1n) is 7.22. The van der Waals surface area contributed by atoms with Gasteiger partial charge in [-0.15, -0.1) is 22.7 Å². The minimum atomic E-state index is 1.10. The highest BCUT2D eigenvalue weighted by molar-refractivity contribution is 9.11. The summed E-state index contributed by atoms with van der Waals surface area (Å²) < 4.78 is 2.50. The van der Waals surface area contributed by atoms with Gasteiger partial charge in [-0.25, -0.2) is 0 Å². The molecule has 0 fully saturated rings. The topological polar surface area (TPSA) is 0 Å². The standard InChI is InChI=1S/C16H20Br2S2/c1-3-5-6-7-8-12-10-14(18)20-16(12)15-11(4-2)9-13(17)19-15/h9-10H,3-8H2,1-2H3. The van der Waals surface area contributed by atoms with Gasteiger partial charge in [-0.3, -0.25) is 0 Å². The number of aryl methyl sites for hydroxylation is 2. The van der Waals surface area contributed by atoms with Crippen molar-refractivity contribution >= 4 is 54.5 Å². The predicted octanol–water partition coefficient (Wildman–Crippen LogP) is 7.69. The highest BCUT2D eigenvalue weighted by Crippen LogP contribution is 2.43. The molecular formula is C16H20Br2S2. The van der Waals surface area contributed by atoms with Crippen molar-refractivity contribution in [3.8, 4) is 9.75 Å². The normalized spacial score (nSPS) is 11.2. The van der Waals surface area contributed by atoms with Crippen LogP contribution in [0.15, 0.2) is 19.7 Å². The third-order valence-electron chi connectivity index (χ3n) is 3.44. The molecular weight excluding hydrogens is 416 g/mol. The van der Waals surface area contributed by atoms with Crippen molar-refractivity contribution in [1.82, 2.24) is 0 Å². The van der Waals surface area contributed by atoms with Crippen molar-refractivity contribution in [3.63, 3.8) is 0 Å². The van der Waals surface area contributed by atoms with Gasteiger partial charge >= 0.3 is 0 Å². The summed E-state index contributed by atoms with van der Waals surface area (Å²) in [7, 11) is 0. The van der Waals surface area contributed by atoms with Crippen LogP contribution >= 0.6 is 54.5 Å². The average molecular weight is 436 g/mol. The number of hydrogen-bond donors (Lipinski definition) is 0. The zero-order chi connectivity index (χ0) is 14.5. The lowest BCUT2D eigenvalue weighted by atomic mass is 10.0. The molecule has 0 saturated carbocycles. The number of unbranched alkanes of at least 4 members (excludes halogenated alkanes) is 3. The first-order chi connectivity index (χ1) is 9.65. The van der Waals surface area contributed by atoms with E-state index < -0.39 is 0 Å². The Kier molecular flexibility index (Phi) is 6.79. The van der Waals surface area contributed by atoms with E-state index in [0.717, 1.165) is 6.42 Å². The fraction of sp³-hybridized carbons (Fsp3) is 0.500. The van der Waals surface area contributed by atoms with Gasteiger partial charge in [0.1, 0.15) is 0 Å². The minimum Gasteiger partial charge on any atom is -0.127 e. The van der Waals surface area contributed by atoms with E-state index in [1.54, 1.807) is 0 Å². The van der Waals surface area contributed by atoms with E-state index in [0.29, 0.717) is 0 Å². The molecule has 0 nitrogen and oxygen atoms in total. The molecule has 2 aromatic heterocycles. The molecule has 0 amide bonds. The Hall–Kier alpha value is 0.360. The zero-order valence-electron chi connectivity index (χ0n) is 12.0. The van der Waals surface area contributed by atoms with Crippen LogP contribution in [0.1, 0.15) is 50.7 Å². The lowest BCUT2D eigenvalue weighted by Crippen LogP contribution is -1.87. The monoisotopic (exact) mass is 434 g/mol. The Morgan fingerprint density at radius 3 is 2.05 bits per heavy atom. The maximum Gasteiger partial charge on any atom is 0.0708 e. The maximum atomic E-state index is 3.67. The lowest BCUT2D eigenvalue weighted by molar-refractivity contribution is 0.668. The SMILES string of the molecule is CCCCCCc1cc(Br)sc1-c1sc(Br)cc1CC. The van der Waals surface area contributed by atoms with E-state index in [4.69, 9.17) is 0 Å². The van der Waals surface area contributed by atoms with E-state index in [1.807, 2.05) is 22.7 Å². The van der Waals surface area contributed by atoms with Gasteiger partial charge in [0, 0.05) is 9.75 Å². The molecule has 0 aliphatic rings. The van der Waals surface area contributed by atoms with Crippen molar-refractivity contribution in [2.45, 2.75) is 52.4 Å². The van der Waals surface area contributed by atoms with Gasteiger partial charge < -0.3 is 0 Å². The predicted molar refractivity (Wildman–Crippen MR) is 100 cm³/mol. The first-order valence-corrected chi connectivity index (χ1v) is 10.4. The molecule has 20 heavy (non-hydrogen) atoms. The summed E-state index contributed by atoms with van der Waals surface area (Å²) in [5.41, 5.74) is 2.98. The third kappa shape index (κ3) is 4.19. The molecule has 0 unspecified atom stereocenters.